The van der Waals surface area contributed by atoms with Crippen molar-refractivity contribution in [1.82, 2.24) is 5.32 Å². The monoisotopic (exact) mass is 357 g/mol. The van der Waals surface area contributed by atoms with Gasteiger partial charge in [-0.3, -0.25) is 4.79 Å². The summed E-state index contributed by atoms with van der Waals surface area (Å²) in [4.78, 5) is 12.7. The summed E-state index contributed by atoms with van der Waals surface area (Å²) in [6.45, 7) is 2.08. The van der Waals surface area contributed by atoms with Gasteiger partial charge in [0.05, 0.1) is 0 Å². The first-order chi connectivity index (χ1) is 13.2. The fraction of sp³-hybridized carbons (Fsp3) is 0.240. The van der Waals surface area contributed by atoms with Crippen LogP contribution in [-0.2, 0) is 11.2 Å². The van der Waals surface area contributed by atoms with E-state index in [2.05, 4.69) is 60.8 Å². The van der Waals surface area contributed by atoms with Crippen molar-refractivity contribution in [1.29, 1.82) is 0 Å². The van der Waals surface area contributed by atoms with Gasteiger partial charge in [-0.25, -0.2) is 0 Å². The first-order valence-corrected chi connectivity index (χ1v) is 9.65. The zero-order chi connectivity index (χ0) is 18.9. The van der Waals surface area contributed by atoms with E-state index in [4.69, 9.17) is 0 Å². The molecule has 0 spiro atoms. The summed E-state index contributed by atoms with van der Waals surface area (Å²) in [5.74, 6) is 0.182. The van der Waals surface area contributed by atoms with E-state index in [0.29, 0.717) is 6.42 Å². The Morgan fingerprint density at radius 2 is 1.26 bits per heavy atom. The normalized spacial score (nSPS) is 11.9. The van der Waals surface area contributed by atoms with Gasteiger partial charge in [-0.15, -0.1) is 0 Å². The summed E-state index contributed by atoms with van der Waals surface area (Å²) >= 11 is 0. The Morgan fingerprint density at radius 3 is 1.78 bits per heavy atom. The van der Waals surface area contributed by atoms with E-state index in [0.717, 1.165) is 12.8 Å². The third-order valence-corrected chi connectivity index (χ3v) is 4.91. The first kappa shape index (κ1) is 18.9. The van der Waals surface area contributed by atoms with Gasteiger partial charge in [0.2, 0.25) is 5.91 Å². The number of amides is 1. The average molecular weight is 357 g/mol. The smallest absolute Gasteiger partial charge is 0.221 e. The zero-order valence-corrected chi connectivity index (χ0v) is 15.8. The molecule has 1 amide bonds. The minimum Gasteiger partial charge on any atom is -0.354 e. The molecule has 0 aromatic heterocycles. The number of hydrogen-bond acceptors (Lipinski definition) is 1. The summed E-state index contributed by atoms with van der Waals surface area (Å²) in [7, 11) is 0. The number of carbonyl (C=O) groups excluding carboxylic acids is 1. The van der Waals surface area contributed by atoms with Crippen molar-refractivity contribution in [3.8, 4) is 0 Å². The van der Waals surface area contributed by atoms with Crippen LogP contribution in [0, 0.1) is 0 Å². The van der Waals surface area contributed by atoms with Crippen molar-refractivity contribution in [2.45, 2.75) is 38.1 Å². The van der Waals surface area contributed by atoms with E-state index in [1.54, 1.807) is 0 Å². The van der Waals surface area contributed by atoms with E-state index in [-0.39, 0.29) is 17.9 Å². The Kier molecular flexibility index (Phi) is 6.81. The lowest BCUT2D eigenvalue weighted by molar-refractivity contribution is -0.121. The number of nitrogens with one attached hydrogen (secondary N) is 1. The molecule has 3 rings (SSSR count). The minimum absolute atomic E-state index is 0.0775. The Balaban J connectivity index is 1.61. The molecule has 0 unspecified atom stereocenters. The zero-order valence-electron chi connectivity index (χ0n) is 15.8. The Labute approximate surface area is 162 Å². The van der Waals surface area contributed by atoms with E-state index < -0.39 is 0 Å². The number of benzene rings is 3. The van der Waals surface area contributed by atoms with Gasteiger partial charge in [-0.2, -0.15) is 0 Å². The second kappa shape index (κ2) is 9.72. The molecular weight excluding hydrogens is 330 g/mol. The standard InChI is InChI=1S/C25H27NO/c1-20(17-18-21-11-5-2-6-12-21)26-25(27)19-24(22-13-7-3-8-14-22)23-15-9-4-10-16-23/h2-16,20,24H,17-19H2,1H3,(H,26,27)/t20-/m1/s1. The van der Waals surface area contributed by atoms with Crippen LogP contribution in [0.5, 0.6) is 0 Å². The molecule has 0 fully saturated rings. The maximum absolute atomic E-state index is 12.7. The molecule has 0 aliphatic heterocycles. The van der Waals surface area contributed by atoms with Crippen molar-refractivity contribution in [2.75, 3.05) is 0 Å². The molecule has 0 bridgehead atoms. The van der Waals surface area contributed by atoms with E-state index in [1.165, 1.54) is 16.7 Å². The third kappa shape index (κ3) is 5.82. The van der Waals surface area contributed by atoms with Gasteiger partial charge >= 0.3 is 0 Å². The fourth-order valence-corrected chi connectivity index (χ4v) is 3.42. The average Bonchev–Trinajstić information content (AvgIpc) is 2.72. The summed E-state index contributed by atoms with van der Waals surface area (Å²) in [6, 6.07) is 31.1. The van der Waals surface area contributed by atoms with Crippen molar-refractivity contribution < 1.29 is 4.79 Å². The molecule has 0 radical (unpaired) electrons. The maximum atomic E-state index is 12.7. The molecule has 2 heteroatoms. The molecule has 27 heavy (non-hydrogen) atoms. The number of aryl methyl sites for hydroxylation is 1. The lowest BCUT2D eigenvalue weighted by Crippen LogP contribution is -2.33. The topological polar surface area (TPSA) is 29.1 Å². The van der Waals surface area contributed by atoms with Gasteiger partial charge in [0.1, 0.15) is 0 Å². The number of rotatable bonds is 8. The van der Waals surface area contributed by atoms with Crippen molar-refractivity contribution in [3.05, 3.63) is 108 Å². The van der Waals surface area contributed by atoms with Crippen LogP contribution >= 0.6 is 0 Å². The first-order valence-electron chi connectivity index (χ1n) is 9.65. The SMILES string of the molecule is C[C@H](CCc1ccccc1)NC(=O)CC(c1ccccc1)c1ccccc1. The molecular formula is C25H27NO. The lowest BCUT2D eigenvalue weighted by Gasteiger charge is -2.20. The van der Waals surface area contributed by atoms with Crippen LogP contribution in [0.2, 0.25) is 0 Å². The predicted molar refractivity (Wildman–Crippen MR) is 112 cm³/mol. The highest BCUT2D eigenvalue weighted by molar-refractivity contribution is 5.77. The van der Waals surface area contributed by atoms with Gasteiger partial charge in [0, 0.05) is 18.4 Å². The Hall–Kier alpha value is -2.87. The van der Waals surface area contributed by atoms with E-state index in [1.807, 2.05) is 42.5 Å². The van der Waals surface area contributed by atoms with Crippen LogP contribution in [-0.4, -0.2) is 11.9 Å². The third-order valence-electron chi connectivity index (χ3n) is 4.91. The molecule has 1 atom stereocenters. The number of carbonyl (C=O) groups is 1. The Morgan fingerprint density at radius 1 is 0.778 bits per heavy atom. The lowest BCUT2D eigenvalue weighted by atomic mass is 9.88. The van der Waals surface area contributed by atoms with E-state index >= 15 is 0 Å². The quantitative estimate of drug-likeness (QED) is 0.579. The number of hydrogen-bond donors (Lipinski definition) is 1. The molecule has 3 aromatic rings. The highest BCUT2D eigenvalue weighted by atomic mass is 16.1. The highest BCUT2D eigenvalue weighted by Gasteiger charge is 2.19. The molecule has 2 nitrogen and oxygen atoms in total. The summed E-state index contributed by atoms with van der Waals surface area (Å²) < 4.78 is 0. The summed E-state index contributed by atoms with van der Waals surface area (Å²) in [5.41, 5.74) is 3.66. The molecule has 0 aliphatic rings. The molecule has 0 saturated heterocycles. The van der Waals surface area contributed by atoms with Gasteiger partial charge < -0.3 is 5.32 Å². The van der Waals surface area contributed by atoms with Crippen LogP contribution in [0.15, 0.2) is 91.0 Å². The highest BCUT2D eigenvalue weighted by Crippen LogP contribution is 2.27. The van der Waals surface area contributed by atoms with Gasteiger partial charge in [0.15, 0.2) is 0 Å². The van der Waals surface area contributed by atoms with Crippen molar-refractivity contribution >= 4 is 5.91 Å². The molecule has 138 valence electrons. The fourth-order valence-electron chi connectivity index (χ4n) is 3.42. The van der Waals surface area contributed by atoms with Crippen LogP contribution in [0.3, 0.4) is 0 Å². The van der Waals surface area contributed by atoms with Crippen LogP contribution in [0.4, 0.5) is 0 Å². The molecule has 0 heterocycles. The van der Waals surface area contributed by atoms with Crippen LogP contribution in [0.1, 0.15) is 42.4 Å². The molecule has 0 aliphatic carbocycles. The summed E-state index contributed by atoms with van der Waals surface area (Å²) in [6.07, 6.45) is 2.38. The van der Waals surface area contributed by atoms with Gasteiger partial charge in [-0.1, -0.05) is 91.0 Å². The second-order valence-corrected chi connectivity index (χ2v) is 7.07. The molecule has 3 aromatic carbocycles. The molecule has 1 N–H and O–H groups in total. The second-order valence-electron chi connectivity index (χ2n) is 7.07. The predicted octanol–water partition coefficient (Wildman–Crippen LogP) is 5.35. The summed E-state index contributed by atoms with van der Waals surface area (Å²) in [5, 5.41) is 3.18. The van der Waals surface area contributed by atoms with Crippen molar-refractivity contribution in [3.63, 3.8) is 0 Å². The maximum Gasteiger partial charge on any atom is 0.221 e. The van der Waals surface area contributed by atoms with E-state index in [9.17, 15) is 4.79 Å². The van der Waals surface area contributed by atoms with Gasteiger partial charge in [-0.05, 0) is 36.5 Å². The molecule has 0 saturated carbocycles. The minimum atomic E-state index is 0.0775. The van der Waals surface area contributed by atoms with Crippen LogP contribution in [0.25, 0.3) is 0 Å². The van der Waals surface area contributed by atoms with Crippen LogP contribution < -0.4 is 5.32 Å². The largest absolute Gasteiger partial charge is 0.354 e. The van der Waals surface area contributed by atoms with Crippen molar-refractivity contribution in [2.24, 2.45) is 0 Å². The Bertz CT molecular complexity index is 775. The van der Waals surface area contributed by atoms with Gasteiger partial charge in [0.25, 0.3) is 0 Å².